The fraction of sp³-hybridized carbons (Fsp3) is 0.636. The lowest BCUT2D eigenvalue weighted by Crippen LogP contribution is -2.37. The van der Waals surface area contributed by atoms with Crippen molar-refractivity contribution in [2.45, 2.75) is 58.4 Å². The normalized spacial score (nSPS) is 14.6. The lowest BCUT2D eigenvalue weighted by molar-refractivity contribution is -0.122. The van der Waals surface area contributed by atoms with Gasteiger partial charge in [0.1, 0.15) is 5.75 Å². The van der Waals surface area contributed by atoms with E-state index in [2.05, 4.69) is 20.9 Å². The fourth-order valence-electron chi connectivity index (χ4n) is 3.62. The summed E-state index contributed by atoms with van der Waals surface area (Å²) in [6.07, 6.45) is 9.56. The summed E-state index contributed by atoms with van der Waals surface area (Å²) in [5.74, 6) is 2.33. The lowest BCUT2D eigenvalue weighted by Gasteiger charge is -2.21. The molecule has 2 rings (SSSR count). The maximum atomic E-state index is 11.5. The van der Waals surface area contributed by atoms with E-state index in [1.54, 1.807) is 7.05 Å². The minimum absolute atomic E-state index is 0. The van der Waals surface area contributed by atoms with Crippen LogP contribution in [0.25, 0.3) is 0 Å². The number of rotatable bonds is 10. The molecule has 7 heteroatoms. The minimum Gasteiger partial charge on any atom is -0.484 e. The fourth-order valence-corrected chi connectivity index (χ4v) is 3.62. The third-order valence-electron chi connectivity index (χ3n) is 5.13. The van der Waals surface area contributed by atoms with Crippen LogP contribution in [0.15, 0.2) is 29.3 Å². The average molecular weight is 516 g/mol. The predicted octanol–water partition coefficient (Wildman–Crippen LogP) is 3.85. The van der Waals surface area contributed by atoms with Gasteiger partial charge in [-0.05, 0) is 43.4 Å². The van der Waals surface area contributed by atoms with Crippen LogP contribution in [-0.2, 0) is 11.3 Å². The number of ether oxygens (including phenoxy) is 1. The quantitative estimate of drug-likeness (QED) is 0.191. The van der Waals surface area contributed by atoms with Gasteiger partial charge in [0.2, 0.25) is 0 Å². The molecule has 0 unspecified atom stereocenters. The van der Waals surface area contributed by atoms with Crippen molar-refractivity contribution in [2.24, 2.45) is 10.9 Å². The number of hydrogen-bond acceptors (Lipinski definition) is 3. The molecule has 0 atom stereocenters. The van der Waals surface area contributed by atoms with E-state index >= 15 is 0 Å². The van der Waals surface area contributed by atoms with Crippen molar-refractivity contribution in [3.8, 4) is 5.75 Å². The number of nitrogens with one attached hydrogen (secondary N) is 3. The molecule has 1 amide bonds. The highest BCUT2D eigenvalue weighted by Crippen LogP contribution is 2.26. The molecule has 29 heavy (non-hydrogen) atoms. The second-order valence-electron chi connectivity index (χ2n) is 7.39. The Morgan fingerprint density at radius 3 is 2.69 bits per heavy atom. The van der Waals surface area contributed by atoms with Crippen LogP contribution in [0.4, 0.5) is 0 Å². The number of aliphatic imine (C=N–C) groups is 1. The van der Waals surface area contributed by atoms with Crippen molar-refractivity contribution in [3.63, 3.8) is 0 Å². The van der Waals surface area contributed by atoms with Gasteiger partial charge in [-0.2, -0.15) is 0 Å². The van der Waals surface area contributed by atoms with Gasteiger partial charge in [0.25, 0.3) is 5.91 Å². The number of halogens is 1. The highest BCUT2D eigenvalue weighted by molar-refractivity contribution is 14.0. The number of nitrogens with zero attached hydrogens (tertiary/aromatic N) is 1. The van der Waals surface area contributed by atoms with Crippen LogP contribution in [0.2, 0.25) is 0 Å². The van der Waals surface area contributed by atoms with Crippen LogP contribution in [0.1, 0.15) is 57.4 Å². The molecule has 164 valence electrons. The molecule has 0 bridgehead atoms. The van der Waals surface area contributed by atoms with Gasteiger partial charge in [-0.3, -0.25) is 9.79 Å². The Bertz CT molecular complexity index is 619. The van der Waals surface area contributed by atoms with E-state index in [-0.39, 0.29) is 36.5 Å². The van der Waals surface area contributed by atoms with Crippen molar-refractivity contribution in [3.05, 3.63) is 29.8 Å². The molecule has 1 saturated carbocycles. The molecule has 1 aromatic rings. The Morgan fingerprint density at radius 1 is 1.17 bits per heavy atom. The van der Waals surface area contributed by atoms with Crippen LogP contribution in [0.3, 0.4) is 0 Å². The maximum Gasteiger partial charge on any atom is 0.257 e. The van der Waals surface area contributed by atoms with Gasteiger partial charge in [0, 0.05) is 26.7 Å². The molecule has 1 fully saturated rings. The van der Waals surface area contributed by atoms with Gasteiger partial charge in [-0.25, -0.2) is 0 Å². The monoisotopic (exact) mass is 516 g/mol. The highest BCUT2D eigenvalue weighted by atomic mass is 127. The maximum absolute atomic E-state index is 11.5. The van der Waals surface area contributed by atoms with Crippen LogP contribution in [0, 0.1) is 5.92 Å². The summed E-state index contributed by atoms with van der Waals surface area (Å²) in [7, 11) is 1.79. The third-order valence-corrected chi connectivity index (χ3v) is 5.13. The molecule has 1 aliphatic carbocycles. The summed E-state index contributed by atoms with van der Waals surface area (Å²) in [6, 6.07) is 7.77. The number of hydrogen-bond donors (Lipinski definition) is 3. The van der Waals surface area contributed by atoms with Crippen molar-refractivity contribution < 1.29 is 9.53 Å². The van der Waals surface area contributed by atoms with Gasteiger partial charge in [-0.15, -0.1) is 24.0 Å². The Kier molecular flexibility index (Phi) is 13.5. The predicted molar refractivity (Wildman–Crippen MR) is 130 cm³/mol. The first-order valence-electron chi connectivity index (χ1n) is 10.6. The summed E-state index contributed by atoms with van der Waals surface area (Å²) >= 11 is 0. The Balaban J connectivity index is 0.00000420. The molecule has 0 saturated heterocycles. The first-order valence-corrected chi connectivity index (χ1v) is 10.6. The Labute approximate surface area is 192 Å². The second-order valence-corrected chi connectivity index (χ2v) is 7.39. The average Bonchev–Trinajstić information content (AvgIpc) is 2.73. The van der Waals surface area contributed by atoms with Crippen LogP contribution in [-0.4, -0.2) is 38.6 Å². The number of carbonyl (C=O) groups excluding carboxylic acids is 1. The molecular weight excluding hydrogens is 479 g/mol. The van der Waals surface area contributed by atoms with Crippen molar-refractivity contribution in [1.82, 2.24) is 16.0 Å². The van der Waals surface area contributed by atoms with E-state index in [0.29, 0.717) is 18.8 Å². The zero-order valence-electron chi connectivity index (χ0n) is 17.8. The summed E-state index contributed by atoms with van der Waals surface area (Å²) in [4.78, 5) is 15.8. The Hall–Kier alpha value is -1.51. The number of carbonyl (C=O) groups is 1. The summed E-state index contributed by atoms with van der Waals surface area (Å²) in [6.45, 7) is 4.14. The topological polar surface area (TPSA) is 74.8 Å². The summed E-state index contributed by atoms with van der Waals surface area (Å²) in [5, 5.41) is 9.47. The number of benzene rings is 1. The first kappa shape index (κ1) is 25.5. The van der Waals surface area contributed by atoms with E-state index in [1.165, 1.54) is 44.9 Å². The number of likely N-dealkylation sites (N-methyl/N-ethyl adjacent to an activating group) is 1. The van der Waals surface area contributed by atoms with E-state index in [1.807, 2.05) is 31.2 Å². The lowest BCUT2D eigenvalue weighted by atomic mass is 9.86. The molecule has 0 radical (unpaired) electrons. The largest absolute Gasteiger partial charge is 0.484 e. The number of amides is 1. The molecular formula is C22H37IN4O2. The molecule has 0 heterocycles. The molecule has 0 spiro atoms. The molecule has 0 aromatic heterocycles. The van der Waals surface area contributed by atoms with Gasteiger partial charge in [0.05, 0.1) is 0 Å². The summed E-state index contributed by atoms with van der Waals surface area (Å²) < 4.78 is 5.55. The SMILES string of the molecule is CCNC(=O)COc1cccc(CNC(=NC)NCCCC2CCCCC2)c1.I. The first-order chi connectivity index (χ1) is 13.7. The van der Waals surface area contributed by atoms with E-state index in [0.717, 1.165) is 24.0 Å². The van der Waals surface area contributed by atoms with Gasteiger partial charge >= 0.3 is 0 Å². The molecule has 3 N–H and O–H groups in total. The van der Waals surface area contributed by atoms with Crippen molar-refractivity contribution in [2.75, 3.05) is 26.7 Å². The third kappa shape index (κ3) is 10.7. The van der Waals surface area contributed by atoms with Gasteiger partial charge in [-0.1, -0.05) is 44.2 Å². The Morgan fingerprint density at radius 2 is 1.97 bits per heavy atom. The highest BCUT2D eigenvalue weighted by Gasteiger charge is 2.12. The van der Waals surface area contributed by atoms with Gasteiger partial charge in [0.15, 0.2) is 12.6 Å². The molecule has 1 aliphatic rings. The van der Waals surface area contributed by atoms with E-state index in [4.69, 9.17) is 4.74 Å². The van der Waals surface area contributed by atoms with Gasteiger partial charge < -0.3 is 20.7 Å². The van der Waals surface area contributed by atoms with E-state index < -0.39 is 0 Å². The van der Waals surface area contributed by atoms with Crippen molar-refractivity contribution >= 4 is 35.8 Å². The summed E-state index contributed by atoms with van der Waals surface area (Å²) in [5.41, 5.74) is 1.08. The number of guanidine groups is 1. The molecule has 6 nitrogen and oxygen atoms in total. The zero-order chi connectivity index (χ0) is 20.0. The zero-order valence-corrected chi connectivity index (χ0v) is 20.2. The standard InChI is InChI=1S/C22H36N4O2.HI/c1-3-24-21(27)17-28-20-13-7-11-19(15-20)16-26-22(23-2)25-14-8-12-18-9-5-4-6-10-18;/h7,11,13,15,18H,3-6,8-10,12,14,16-17H2,1-2H3,(H,24,27)(H2,23,25,26);1H. The van der Waals surface area contributed by atoms with Crippen LogP contribution >= 0.6 is 24.0 Å². The van der Waals surface area contributed by atoms with Crippen LogP contribution in [0.5, 0.6) is 5.75 Å². The van der Waals surface area contributed by atoms with Crippen LogP contribution < -0.4 is 20.7 Å². The molecule has 0 aliphatic heterocycles. The van der Waals surface area contributed by atoms with E-state index in [9.17, 15) is 4.79 Å². The smallest absolute Gasteiger partial charge is 0.257 e. The molecule has 1 aromatic carbocycles. The second kappa shape index (κ2) is 15.3. The van der Waals surface area contributed by atoms with Crippen molar-refractivity contribution in [1.29, 1.82) is 0 Å². The minimum atomic E-state index is -0.108.